The Labute approximate surface area is 164 Å². The Balaban J connectivity index is 1.76. The van der Waals surface area contributed by atoms with Gasteiger partial charge in [0.25, 0.3) is 11.6 Å². The number of halogens is 1. The second-order valence-corrected chi connectivity index (χ2v) is 6.26. The van der Waals surface area contributed by atoms with Gasteiger partial charge in [-0.3, -0.25) is 14.9 Å². The van der Waals surface area contributed by atoms with Gasteiger partial charge in [0.1, 0.15) is 17.9 Å². The zero-order valence-corrected chi connectivity index (χ0v) is 15.7. The lowest BCUT2D eigenvalue weighted by Gasteiger charge is -2.14. The van der Waals surface area contributed by atoms with Gasteiger partial charge in [-0.25, -0.2) is 0 Å². The molecule has 3 aromatic rings. The van der Waals surface area contributed by atoms with Gasteiger partial charge in [0.2, 0.25) is 11.7 Å². The zero-order valence-electron chi connectivity index (χ0n) is 15.0. The van der Waals surface area contributed by atoms with Crippen LogP contribution in [0, 0.1) is 10.1 Å². The van der Waals surface area contributed by atoms with Crippen LogP contribution in [0.2, 0.25) is 5.02 Å². The number of nitro groups is 1. The van der Waals surface area contributed by atoms with Gasteiger partial charge in [0.05, 0.1) is 12.0 Å². The molecule has 10 heteroatoms. The van der Waals surface area contributed by atoms with Crippen molar-refractivity contribution in [2.24, 2.45) is 0 Å². The molecule has 0 atom stereocenters. The van der Waals surface area contributed by atoms with Crippen molar-refractivity contribution < 1.29 is 19.0 Å². The second kappa shape index (κ2) is 8.05. The number of ether oxygens (including phenoxy) is 1. The molecule has 0 fully saturated rings. The van der Waals surface area contributed by atoms with Crippen LogP contribution in [0.3, 0.4) is 0 Å². The molecule has 144 valence electrons. The fourth-order valence-corrected chi connectivity index (χ4v) is 2.66. The SMILES string of the molecule is COc1ccc(-c2noc(CN(C)C(=O)c3ccc(Cl)cc3[N+](=O)[O-])n2)cc1. The predicted molar refractivity (Wildman–Crippen MR) is 100 cm³/mol. The summed E-state index contributed by atoms with van der Waals surface area (Å²) in [6.45, 7) is -0.0121. The highest BCUT2D eigenvalue weighted by Gasteiger charge is 2.24. The molecule has 1 amide bonds. The average molecular weight is 403 g/mol. The van der Waals surface area contributed by atoms with Crippen LogP contribution in [0.4, 0.5) is 5.69 Å². The molecule has 0 unspecified atom stereocenters. The number of nitrogens with zero attached hydrogens (tertiary/aromatic N) is 4. The van der Waals surface area contributed by atoms with Gasteiger partial charge < -0.3 is 14.2 Å². The van der Waals surface area contributed by atoms with E-state index >= 15 is 0 Å². The molecule has 1 heterocycles. The molecule has 0 saturated carbocycles. The molecule has 0 N–H and O–H groups in total. The van der Waals surface area contributed by atoms with E-state index in [2.05, 4.69) is 10.1 Å². The van der Waals surface area contributed by atoms with Gasteiger partial charge in [0, 0.05) is 23.7 Å². The van der Waals surface area contributed by atoms with Crippen LogP contribution in [0.25, 0.3) is 11.4 Å². The molecular weight excluding hydrogens is 388 g/mol. The predicted octanol–water partition coefficient (Wildman–Crippen LogP) is 3.58. The Bertz CT molecular complexity index is 1020. The number of methoxy groups -OCH3 is 1. The standard InChI is InChI=1S/C18H15ClN4O5/c1-22(18(24)14-8-5-12(19)9-15(14)23(25)26)10-16-20-17(21-28-16)11-3-6-13(27-2)7-4-11/h3-9H,10H2,1-2H3. The van der Waals surface area contributed by atoms with E-state index in [1.54, 1.807) is 31.4 Å². The summed E-state index contributed by atoms with van der Waals surface area (Å²) >= 11 is 5.78. The topological polar surface area (TPSA) is 112 Å². The summed E-state index contributed by atoms with van der Waals surface area (Å²) in [4.78, 5) is 28.7. The number of nitro benzene ring substituents is 1. The highest BCUT2D eigenvalue weighted by Crippen LogP contribution is 2.25. The second-order valence-electron chi connectivity index (χ2n) is 5.82. The Morgan fingerprint density at radius 2 is 2.00 bits per heavy atom. The molecule has 1 aromatic heterocycles. The lowest BCUT2D eigenvalue weighted by atomic mass is 10.1. The minimum absolute atomic E-state index is 0.0121. The lowest BCUT2D eigenvalue weighted by molar-refractivity contribution is -0.385. The van der Waals surface area contributed by atoms with Crippen molar-refractivity contribution in [3.05, 3.63) is 69.1 Å². The summed E-state index contributed by atoms with van der Waals surface area (Å²) in [5.41, 5.74) is 0.277. The van der Waals surface area contributed by atoms with Gasteiger partial charge in [-0.05, 0) is 36.4 Å². The first-order valence-electron chi connectivity index (χ1n) is 8.05. The molecule has 0 bridgehead atoms. The number of benzene rings is 2. The minimum Gasteiger partial charge on any atom is -0.497 e. The van der Waals surface area contributed by atoms with Crippen LogP contribution in [0.15, 0.2) is 47.0 Å². The molecule has 9 nitrogen and oxygen atoms in total. The van der Waals surface area contributed by atoms with Crippen molar-refractivity contribution in [1.82, 2.24) is 15.0 Å². The minimum atomic E-state index is -0.651. The zero-order chi connectivity index (χ0) is 20.3. The largest absolute Gasteiger partial charge is 0.497 e. The lowest BCUT2D eigenvalue weighted by Crippen LogP contribution is -2.27. The van der Waals surface area contributed by atoms with E-state index in [0.29, 0.717) is 11.6 Å². The van der Waals surface area contributed by atoms with E-state index in [0.717, 1.165) is 11.6 Å². The quantitative estimate of drug-likeness (QED) is 0.457. The molecule has 0 radical (unpaired) electrons. The van der Waals surface area contributed by atoms with Crippen molar-refractivity contribution in [1.29, 1.82) is 0 Å². The number of carbonyl (C=O) groups is 1. The highest BCUT2D eigenvalue weighted by atomic mass is 35.5. The van der Waals surface area contributed by atoms with Crippen LogP contribution in [-0.4, -0.2) is 40.0 Å². The molecule has 2 aromatic carbocycles. The number of hydrogen-bond donors (Lipinski definition) is 0. The molecule has 0 aliphatic carbocycles. The molecule has 0 spiro atoms. The maximum absolute atomic E-state index is 12.6. The summed E-state index contributed by atoms with van der Waals surface area (Å²) in [6.07, 6.45) is 0. The molecular formula is C18H15ClN4O5. The Kier molecular flexibility index (Phi) is 5.55. The summed E-state index contributed by atoms with van der Waals surface area (Å²) in [7, 11) is 3.05. The highest BCUT2D eigenvalue weighted by molar-refractivity contribution is 6.31. The van der Waals surface area contributed by atoms with Crippen molar-refractivity contribution in [2.45, 2.75) is 6.54 Å². The summed E-state index contributed by atoms with van der Waals surface area (Å²) in [5.74, 6) is 0.684. The molecule has 0 aliphatic rings. The van der Waals surface area contributed by atoms with Crippen LogP contribution in [0.5, 0.6) is 5.75 Å². The Morgan fingerprint density at radius 3 is 2.64 bits per heavy atom. The molecule has 0 saturated heterocycles. The number of amides is 1. The van der Waals surface area contributed by atoms with Crippen LogP contribution in [-0.2, 0) is 6.54 Å². The summed E-state index contributed by atoms with van der Waals surface area (Å²) in [6, 6.07) is 11.0. The fourth-order valence-electron chi connectivity index (χ4n) is 2.49. The van der Waals surface area contributed by atoms with Gasteiger partial charge in [0.15, 0.2) is 0 Å². The van der Waals surface area contributed by atoms with E-state index < -0.39 is 10.8 Å². The van der Waals surface area contributed by atoms with Gasteiger partial charge in [-0.1, -0.05) is 16.8 Å². The van der Waals surface area contributed by atoms with E-state index in [9.17, 15) is 14.9 Å². The van der Waals surface area contributed by atoms with E-state index in [4.69, 9.17) is 20.9 Å². The van der Waals surface area contributed by atoms with E-state index in [-0.39, 0.29) is 28.7 Å². The van der Waals surface area contributed by atoms with E-state index in [1.165, 1.54) is 24.1 Å². The maximum Gasteiger partial charge on any atom is 0.283 e. The Morgan fingerprint density at radius 1 is 1.29 bits per heavy atom. The molecule has 28 heavy (non-hydrogen) atoms. The van der Waals surface area contributed by atoms with Crippen LogP contribution < -0.4 is 4.74 Å². The third kappa shape index (κ3) is 4.09. The van der Waals surface area contributed by atoms with Gasteiger partial charge >= 0.3 is 0 Å². The first-order valence-corrected chi connectivity index (χ1v) is 8.43. The Hall–Kier alpha value is -3.46. The number of hydrogen-bond acceptors (Lipinski definition) is 7. The maximum atomic E-state index is 12.6. The van der Waals surface area contributed by atoms with Crippen molar-refractivity contribution in [3.8, 4) is 17.1 Å². The number of rotatable bonds is 6. The first kappa shape index (κ1) is 19.3. The number of carbonyl (C=O) groups excluding carboxylic acids is 1. The molecule has 0 aliphatic heterocycles. The fraction of sp³-hybridized carbons (Fsp3) is 0.167. The van der Waals surface area contributed by atoms with E-state index in [1.807, 2.05) is 0 Å². The van der Waals surface area contributed by atoms with Crippen LogP contribution in [0.1, 0.15) is 16.2 Å². The van der Waals surface area contributed by atoms with Crippen molar-refractivity contribution in [2.75, 3.05) is 14.2 Å². The van der Waals surface area contributed by atoms with Gasteiger partial charge in [-0.15, -0.1) is 0 Å². The van der Waals surface area contributed by atoms with Crippen molar-refractivity contribution in [3.63, 3.8) is 0 Å². The van der Waals surface area contributed by atoms with Crippen LogP contribution >= 0.6 is 11.6 Å². The summed E-state index contributed by atoms with van der Waals surface area (Å²) < 4.78 is 10.3. The first-order chi connectivity index (χ1) is 13.4. The monoisotopic (exact) mass is 402 g/mol. The number of aromatic nitrogens is 2. The average Bonchev–Trinajstić information content (AvgIpc) is 3.15. The third-order valence-electron chi connectivity index (χ3n) is 3.92. The molecule has 3 rings (SSSR count). The summed E-state index contributed by atoms with van der Waals surface area (Å²) in [5, 5.41) is 15.3. The van der Waals surface area contributed by atoms with Crippen molar-refractivity contribution >= 4 is 23.2 Å². The van der Waals surface area contributed by atoms with Gasteiger partial charge in [-0.2, -0.15) is 4.98 Å². The smallest absolute Gasteiger partial charge is 0.283 e. The normalized spacial score (nSPS) is 10.5. The third-order valence-corrected chi connectivity index (χ3v) is 4.16.